The highest BCUT2D eigenvalue weighted by molar-refractivity contribution is 5.93. The van der Waals surface area contributed by atoms with Gasteiger partial charge in [-0.15, -0.1) is 0 Å². The Balaban J connectivity index is 1.39. The van der Waals surface area contributed by atoms with Gasteiger partial charge in [0.15, 0.2) is 6.10 Å². The third-order valence-corrected chi connectivity index (χ3v) is 7.04. The second kappa shape index (κ2) is 19.3. The van der Waals surface area contributed by atoms with Gasteiger partial charge in [0.25, 0.3) is 5.91 Å². The van der Waals surface area contributed by atoms with Crippen molar-refractivity contribution >= 4 is 29.4 Å². The number of ether oxygens (including phenoxy) is 5. The minimum atomic E-state index is -1.04. The van der Waals surface area contributed by atoms with Gasteiger partial charge in [-0.1, -0.05) is 19.6 Å². The fourth-order valence-electron chi connectivity index (χ4n) is 4.61. The molecule has 2 aliphatic heterocycles. The number of carboxylic acids is 1. The first-order valence-electron chi connectivity index (χ1n) is 15.5. The first kappa shape index (κ1) is 36.3. The molecule has 46 heavy (non-hydrogen) atoms. The molecule has 252 valence electrons. The molecule has 13 nitrogen and oxygen atoms in total. The fourth-order valence-corrected chi connectivity index (χ4v) is 4.61. The molecule has 0 spiro atoms. The first-order chi connectivity index (χ1) is 22.2. The lowest BCUT2D eigenvalue weighted by Gasteiger charge is -2.28. The molecule has 1 saturated heterocycles. The maximum atomic E-state index is 12.8. The fraction of sp³-hybridized carbons (Fsp3) is 0.515. The third-order valence-electron chi connectivity index (χ3n) is 7.04. The van der Waals surface area contributed by atoms with Crippen molar-refractivity contribution in [3.05, 3.63) is 60.0 Å². The molecule has 13 heteroatoms. The lowest BCUT2D eigenvalue weighted by molar-refractivity contribution is -0.180. The first-order valence-corrected chi connectivity index (χ1v) is 15.5. The Bertz CT molecular complexity index is 1260. The number of anilines is 1. The number of nitrogens with zero attached hydrogens (tertiary/aromatic N) is 1. The molecule has 2 atom stereocenters. The van der Waals surface area contributed by atoms with Gasteiger partial charge in [-0.3, -0.25) is 14.4 Å². The van der Waals surface area contributed by atoms with E-state index >= 15 is 0 Å². The van der Waals surface area contributed by atoms with Gasteiger partial charge < -0.3 is 44.3 Å². The van der Waals surface area contributed by atoms with Gasteiger partial charge >= 0.3 is 5.97 Å². The van der Waals surface area contributed by atoms with Gasteiger partial charge in [0.2, 0.25) is 18.1 Å². The molecule has 0 radical (unpaired) electrons. The summed E-state index contributed by atoms with van der Waals surface area (Å²) in [5.41, 5.74) is 1.82. The van der Waals surface area contributed by atoms with Crippen LogP contribution in [0.2, 0.25) is 0 Å². The number of nitrogens with one attached hydrogen (secondary N) is 2. The predicted octanol–water partition coefficient (Wildman–Crippen LogP) is 3.66. The zero-order chi connectivity index (χ0) is 33.3. The summed E-state index contributed by atoms with van der Waals surface area (Å²) in [5.74, 6) is -0.629. The van der Waals surface area contributed by atoms with Crippen LogP contribution >= 0.6 is 0 Å². The number of benzene rings is 1. The van der Waals surface area contributed by atoms with Crippen LogP contribution < -0.4 is 15.4 Å². The lowest BCUT2D eigenvalue weighted by Crippen LogP contribution is -2.36. The molecule has 1 unspecified atom stereocenters. The predicted molar refractivity (Wildman–Crippen MR) is 169 cm³/mol. The molecule has 3 N–H and O–H groups in total. The number of aliphatic carboxylic acids is 1. The van der Waals surface area contributed by atoms with E-state index in [1.165, 1.54) is 11.0 Å². The van der Waals surface area contributed by atoms with E-state index in [9.17, 15) is 24.3 Å². The second-order valence-electron chi connectivity index (χ2n) is 10.7. The summed E-state index contributed by atoms with van der Waals surface area (Å²) in [6, 6.07) is 5.24. The van der Waals surface area contributed by atoms with Crippen molar-refractivity contribution in [2.75, 3.05) is 44.8 Å². The molecule has 1 aromatic rings. The largest absolute Gasteiger partial charge is 0.494 e. The molecule has 2 heterocycles. The maximum Gasteiger partial charge on any atom is 0.332 e. The van der Waals surface area contributed by atoms with Gasteiger partial charge in [0.05, 0.1) is 37.9 Å². The highest BCUT2D eigenvalue weighted by Gasteiger charge is 2.29. The zero-order valence-corrected chi connectivity index (χ0v) is 26.6. The van der Waals surface area contributed by atoms with Crippen molar-refractivity contribution in [1.29, 1.82) is 0 Å². The third kappa shape index (κ3) is 12.7. The highest BCUT2D eigenvalue weighted by Crippen LogP contribution is 2.31. The topological polar surface area (TPSA) is 162 Å². The number of carbonyl (C=O) groups excluding carboxylic acids is 3. The van der Waals surface area contributed by atoms with E-state index in [-0.39, 0.29) is 50.3 Å². The van der Waals surface area contributed by atoms with Crippen LogP contribution in [0.1, 0.15) is 57.9 Å². The Morgan fingerprint density at radius 1 is 1.09 bits per heavy atom. The van der Waals surface area contributed by atoms with Crippen LogP contribution in [0.4, 0.5) is 5.69 Å². The maximum absolute atomic E-state index is 12.8. The molecule has 0 aliphatic carbocycles. The van der Waals surface area contributed by atoms with E-state index in [2.05, 4.69) is 17.2 Å². The summed E-state index contributed by atoms with van der Waals surface area (Å²) < 4.78 is 28.2. The number of hydrogen-bond acceptors (Lipinski definition) is 9. The average molecular weight is 644 g/mol. The van der Waals surface area contributed by atoms with Crippen LogP contribution in [-0.4, -0.2) is 85.6 Å². The van der Waals surface area contributed by atoms with Crippen molar-refractivity contribution in [2.45, 2.75) is 71.4 Å². The molecular weight excluding hydrogens is 598 g/mol. The van der Waals surface area contributed by atoms with E-state index in [1.807, 2.05) is 26.0 Å². The van der Waals surface area contributed by atoms with Crippen LogP contribution in [0.3, 0.4) is 0 Å². The molecule has 1 fully saturated rings. The number of carbonyl (C=O) groups is 4. The van der Waals surface area contributed by atoms with Gasteiger partial charge in [-0.05, 0) is 56.0 Å². The number of rotatable bonds is 20. The number of amides is 3. The Labute approximate surface area is 269 Å². The highest BCUT2D eigenvalue weighted by atomic mass is 16.7. The van der Waals surface area contributed by atoms with Crippen molar-refractivity contribution in [3.63, 3.8) is 0 Å². The van der Waals surface area contributed by atoms with E-state index in [0.29, 0.717) is 62.8 Å². The molecule has 2 aliphatic rings. The van der Waals surface area contributed by atoms with Gasteiger partial charge in [-0.2, -0.15) is 0 Å². The van der Waals surface area contributed by atoms with Crippen molar-refractivity contribution in [2.24, 2.45) is 0 Å². The monoisotopic (exact) mass is 643 g/mol. The van der Waals surface area contributed by atoms with Crippen molar-refractivity contribution in [3.8, 4) is 5.75 Å². The van der Waals surface area contributed by atoms with Gasteiger partial charge in [-0.25, -0.2) is 4.79 Å². The van der Waals surface area contributed by atoms with Crippen LogP contribution in [0, 0.1) is 0 Å². The van der Waals surface area contributed by atoms with E-state index in [1.54, 1.807) is 18.2 Å². The Hall–Kier alpha value is -4.20. The van der Waals surface area contributed by atoms with Gasteiger partial charge in [0, 0.05) is 44.1 Å². The molecule has 1 aromatic carbocycles. The van der Waals surface area contributed by atoms with Crippen LogP contribution in [0.15, 0.2) is 54.5 Å². The standard InChI is InChI=1S/C33H45N3O10/c1-4-6-24(3)44-22-25-10-11-27(45-32-8-5-7-28(46-32)33(40)41)26(21-25)35-30(38)13-15-34-29(37)14-17-42-19-20-43-18-16-36-23(2)9-12-31(36)39/h6,9-12,21,28,32H,2,4-5,7-8,13-20,22H2,1,3H3,(H,34,37)(H,35,38)(H,40,41)/b24-6-/t28-,32?/m0/s1. The number of allylic oxidation sites excluding steroid dienone is 3. The lowest BCUT2D eigenvalue weighted by atomic mass is 10.1. The van der Waals surface area contributed by atoms with Gasteiger partial charge in [0.1, 0.15) is 12.4 Å². The molecule has 0 aromatic heterocycles. The van der Waals surface area contributed by atoms with Crippen LogP contribution in [0.25, 0.3) is 0 Å². The van der Waals surface area contributed by atoms with Crippen molar-refractivity contribution in [1.82, 2.24) is 10.2 Å². The SMILES string of the molecule is C=C1C=CC(=O)N1CCOCCOCCC(=O)NCCC(=O)Nc1cc(CO/C(C)=C\CC)ccc1OC1CCC[C@@H](C(=O)O)O1. The minimum Gasteiger partial charge on any atom is -0.494 e. The smallest absolute Gasteiger partial charge is 0.332 e. The average Bonchev–Trinajstić information content (AvgIpc) is 3.35. The van der Waals surface area contributed by atoms with Crippen molar-refractivity contribution < 1.29 is 48.0 Å². The second-order valence-corrected chi connectivity index (χ2v) is 10.7. The summed E-state index contributed by atoms with van der Waals surface area (Å²) in [4.78, 5) is 49.6. The Kier molecular flexibility index (Phi) is 15.3. The summed E-state index contributed by atoms with van der Waals surface area (Å²) in [6.45, 7) is 9.65. The summed E-state index contributed by atoms with van der Waals surface area (Å²) >= 11 is 0. The summed E-state index contributed by atoms with van der Waals surface area (Å²) in [6.07, 6.45) is 5.91. The normalized spacial score (nSPS) is 18.0. The van der Waals surface area contributed by atoms with Crippen LogP contribution in [-0.2, 0) is 44.7 Å². The Morgan fingerprint density at radius 2 is 1.87 bits per heavy atom. The minimum absolute atomic E-state index is 0.0153. The molecule has 0 bridgehead atoms. The quantitative estimate of drug-likeness (QED) is 0.141. The zero-order valence-electron chi connectivity index (χ0n) is 26.6. The van der Waals surface area contributed by atoms with E-state index < -0.39 is 18.4 Å². The van der Waals surface area contributed by atoms with E-state index in [4.69, 9.17) is 23.7 Å². The summed E-state index contributed by atoms with van der Waals surface area (Å²) in [7, 11) is 0. The Morgan fingerprint density at radius 3 is 2.59 bits per heavy atom. The summed E-state index contributed by atoms with van der Waals surface area (Å²) in [5, 5.41) is 14.9. The molecule has 3 amide bonds. The number of hydrogen-bond donors (Lipinski definition) is 3. The molecule has 0 saturated carbocycles. The molecular formula is C33H45N3O10. The van der Waals surface area contributed by atoms with Crippen LogP contribution in [0.5, 0.6) is 5.75 Å². The molecule has 3 rings (SSSR count). The van der Waals surface area contributed by atoms with E-state index in [0.717, 1.165) is 17.7 Å². The number of carboxylic acid groups (broad SMARTS) is 1.